The normalized spacial score (nSPS) is 18.4. The zero-order valence-electron chi connectivity index (χ0n) is 27.5. The number of halogens is 4. The Morgan fingerprint density at radius 2 is 1.82 bits per heavy atom. The summed E-state index contributed by atoms with van der Waals surface area (Å²) in [4.78, 5) is 31.2. The maximum atomic E-state index is 15.4. The Morgan fingerprint density at radius 3 is 2.47 bits per heavy atom. The van der Waals surface area contributed by atoms with Crippen LogP contribution in [0.1, 0.15) is 46.9 Å². The van der Waals surface area contributed by atoms with Gasteiger partial charge in [-0.25, -0.2) is 22.8 Å². The number of methoxy groups -OCH3 is 2. The van der Waals surface area contributed by atoms with Crippen molar-refractivity contribution in [1.82, 2.24) is 20.1 Å². The Kier molecular flexibility index (Phi) is 8.14. The molecule has 1 fully saturated rings. The number of rotatable bonds is 10. The average Bonchev–Trinajstić information content (AvgIpc) is 3.55. The number of nitrogens with one attached hydrogen (secondary N) is 1. The van der Waals surface area contributed by atoms with Gasteiger partial charge in [-0.05, 0) is 48.9 Å². The number of benzene rings is 3. The van der Waals surface area contributed by atoms with Crippen LogP contribution in [-0.2, 0) is 21.6 Å². The molecule has 2 aliphatic rings. The highest BCUT2D eigenvalue weighted by atomic mass is 35.5. The second-order valence-electron chi connectivity index (χ2n) is 12.8. The standard InChI is InChI=1S/C36H31ClF3N5O6/c1-34(33(41)47)17-51-31-23(34)13-28(43-30(31)22-12-24(37)26(39)14-25(22)38)36(48,20-4-6-21(49-2)7-5-20)16-42-32(46)18-10-19-15-45(35(40)8-9-35)44-29(19)27(11-18)50-3/h4-7,10-15,48H,8-9,16-17H2,1-3H3,(H2,41,47)(H,42,46)/t34-,36+/m0/s1. The summed E-state index contributed by atoms with van der Waals surface area (Å²) in [5.74, 6) is -4.34. The highest BCUT2D eigenvalue weighted by Gasteiger charge is 2.47. The van der Waals surface area contributed by atoms with Gasteiger partial charge in [0, 0.05) is 47.2 Å². The van der Waals surface area contributed by atoms with Crippen molar-refractivity contribution in [3.8, 4) is 28.5 Å². The molecule has 2 aromatic heterocycles. The molecule has 1 saturated carbocycles. The van der Waals surface area contributed by atoms with Crippen LogP contribution in [0.3, 0.4) is 0 Å². The van der Waals surface area contributed by atoms with Gasteiger partial charge in [0.05, 0.1) is 31.5 Å². The highest BCUT2D eigenvalue weighted by Crippen LogP contribution is 2.48. The molecule has 2 atom stereocenters. The molecule has 1 aliphatic carbocycles. The highest BCUT2D eigenvalue weighted by molar-refractivity contribution is 6.31. The van der Waals surface area contributed by atoms with Crippen LogP contribution < -0.4 is 25.3 Å². The molecule has 2 amide bonds. The minimum atomic E-state index is -2.15. The van der Waals surface area contributed by atoms with E-state index in [2.05, 4.69) is 15.4 Å². The third-order valence-corrected chi connectivity index (χ3v) is 9.80. The molecule has 4 N–H and O–H groups in total. The Balaban J connectivity index is 1.35. The van der Waals surface area contributed by atoms with E-state index >= 15 is 4.39 Å². The van der Waals surface area contributed by atoms with Crippen LogP contribution >= 0.6 is 11.6 Å². The van der Waals surface area contributed by atoms with Gasteiger partial charge in [-0.1, -0.05) is 23.7 Å². The summed E-state index contributed by atoms with van der Waals surface area (Å²) in [5, 5.41) is 19.8. The maximum Gasteiger partial charge on any atom is 0.251 e. The summed E-state index contributed by atoms with van der Waals surface area (Å²) in [6, 6.07) is 12.3. The number of amides is 2. The molecule has 0 saturated heterocycles. The number of nitrogens with zero attached hydrogens (tertiary/aromatic N) is 3. The first-order valence-electron chi connectivity index (χ1n) is 15.8. The number of fused-ring (bicyclic) bond motifs is 2. The van der Waals surface area contributed by atoms with Crippen LogP contribution in [-0.4, -0.2) is 59.1 Å². The largest absolute Gasteiger partial charge is 0.497 e. The molecule has 0 spiro atoms. The fourth-order valence-electron chi connectivity index (χ4n) is 6.13. The van der Waals surface area contributed by atoms with Gasteiger partial charge < -0.3 is 30.4 Å². The van der Waals surface area contributed by atoms with Gasteiger partial charge in [0.15, 0.2) is 0 Å². The van der Waals surface area contributed by atoms with Gasteiger partial charge in [-0.2, -0.15) is 5.10 Å². The first kappa shape index (κ1) is 34.1. The number of hydrogen-bond donors (Lipinski definition) is 3. The van der Waals surface area contributed by atoms with Gasteiger partial charge in [0.2, 0.25) is 11.7 Å². The molecule has 1 aliphatic heterocycles. The molecule has 11 nitrogen and oxygen atoms in total. The fourth-order valence-corrected chi connectivity index (χ4v) is 6.29. The summed E-state index contributed by atoms with van der Waals surface area (Å²) in [6.07, 6.45) is 2.15. The SMILES string of the molecule is COc1ccc([C@](O)(CNC(=O)c2cc(OC)c3nn(C4(F)CC4)cc3c2)c2cc3c(c(-c4cc(Cl)c(F)cc4F)n2)OC[C@]3(C)C(N)=O)cc1. The number of primary amides is 1. The first-order chi connectivity index (χ1) is 24.2. The zero-order valence-corrected chi connectivity index (χ0v) is 28.3. The number of aliphatic hydroxyl groups is 1. The van der Waals surface area contributed by atoms with Gasteiger partial charge in [-0.3, -0.25) is 9.59 Å². The van der Waals surface area contributed by atoms with E-state index in [4.69, 9.17) is 31.5 Å². The average molecular weight is 722 g/mol. The van der Waals surface area contributed by atoms with E-state index in [1.54, 1.807) is 24.3 Å². The lowest BCUT2D eigenvalue weighted by Crippen LogP contribution is -2.43. The van der Waals surface area contributed by atoms with Crippen LogP contribution in [0.25, 0.3) is 22.2 Å². The molecule has 15 heteroatoms. The molecule has 0 bridgehead atoms. The van der Waals surface area contributed by atoms with Crippen molar-refractivity contribution in [1.29, 1.82) is 0 Å². The molecule has 0 radical (unpaired) electrons. The number of carbonyl (C=O) groups is 2. The lowest BCUT2D eigenvalue weighted by atomic mass is 9.80. The van der Waals surface area contributed by atoms with Crippen molar-refractivity contribution < 1.29 is 42.1 Å². The Bertz CT molecular complexity index is 2250. The van der Waals surface area contributed by atoms with Crippen molar-refractivity contribution in [2.75, 3.05) is 27.4 Å². The van der Waals surface area contributed by atoms with E-state index in [0.29, 0.717) is 35.6 Å². The lowest BCUT2D eigenvalue weighted by molar-refractivity contribution is -0.123. The summed E-state index contributed by atoms with van der Waals surface area (Å²) in [6.45, 7) is 0.794. The van der Waals surface area contributed by atoms with E-state index in [-0.39, 0.29) is 51.7 Å². The van der Waals surface area contributed by atoms with E-state index in [1.165, 1.54) is 50.2 Å². The van der Waals surface area contributed by atoms with Crippen molar-refractivity contribution >= 4 is 34.3 Å². The number of pyridine rings is 1. The Labute approximate surface area is 294 Å². The maximum absolute atomic E-state index is 15.4. The van der Waals surface area contributed by atoms with Crippen molar-refractivity contribution in [2.24, 2.45) is 5.73 Å². The lowest BCUT2D eigenvalue weighted by Gasteiger charge is -2.30. The molecule has 264 valence electrons. The topological polar surface area (TPSA) is 151 Å². The monoisotopic (exact) mass is 721 g/mol. The van der Waals surface area contributed by atoms with E-state index < -0.39 is 51.8 Å². The van der Waals surface area contributed by atoms with Gasteiger partial charge in [-0.15, -0.1) is 0 Å². The zero-order chi connectivity index (χ0) is 36.5. The molecular formula is C36H31ClF3N5O6. The number of alkyl halides is 1. The second-order valence-corrected chi connectivity index (χ2v) is 13.3. The van der Waals surface area contributed by atoms with Crippen LogP contribution in [0.2, 0.25) is 5.02 Å². The molecule has 3 heterocycles. The molecular weight excluding hydrogens is 691 g/mol. The summed E-state index contributed by atoms with van der Waals surface area (Å²) >= 11 is 6.05. The van der Waals surface area contributed by atoms with E-state index in [9.17, 15) is 23.5 Å². The Hall–Kier alpha value is -5.34. The number of carbonyl (C=O) groups excluding carboxylic acids is 2. The second kappa shape index (κ2) is 12.2. The number of ether oxygens (including phenoxy) is 3. The molecule has 3 aromatic carbocycles. The summed E-state index contributed by atoms with van der Waals surface area (Å²) < 4.78 is 62.3. The van der Waals surface area contributed by atoms with Crippen LogP contribution in [0.4, 0.5) is 13.2 Å². The van der Waals surface area contributed by atoms with Gasteiger partial charge >= 0.3 is 0 Å². The van der Waals surface area contributed by atoms with Crippen LogP contribution in [0.15, 0.2) is 60.8 Å². The third-order valence-electron chi connectivity index (χ3n) is 9.51. The summed E-state index contributed by atoms with van der Waals surface area (Å²) in [5.41, 5.74) is 2.54. The smallest absolute Gasteiger partial charge is 0.251 e. The van der Waals surface area contributed by atoms with Crippen molar-refractivity contribution in [2.45, 2.75) is 36.6 Å². The minimum Gasteiger partial charge on any atom is -0.497 e. The quantitative estimate of drug-likeness (QED) is 0.165. The van der Waals surface area contributed by atoms with Crippen LogP contribution in [0, 0.1) is 11.6 Å². The minimum absolute atomic E-state index is 0.00931. The predicted octanol–water partition coefficient (Wildman–Crippen LogP) is 5.26. The third kappa shape index (κ3) is 5.68. The molecule has 0 unspecified atom stereocenters. The van der Waals surface area contributed by atoms with E-state index in [0.717, 1.165) is 6.07 Å². The van der Waals surface area contributed by atoms with Gasteiger partial charge in [0.25, 0.3) is 5.91 Å². The molecule has 7 rings (SSSR count). The number of nitrogens with two attached hydrogens (primary N) is 1. The predicted molar refractivity (Wildman–Crippen MR) is 180 cm³/mol. The Morgan fingerprint density at radius 1 is 1.10 bits per heavy atom. The summed E-state index contributed by atoms with van der Waals surface area (Å²) in [7, 11) is 2.87. The van der Waals surface area contributed by atoms with Gasteiger partial charge in [0.1, 0.15) is 57.7 Å². The van der Waals surface area contributed by atoms with Crippen molar-refractivity contribution in [3.63, 3.8) is 0 Å². The number of aromatic nitrogens is 3. The van der Waals surface area contributed by atoms with Crippen LogP contribution in [0.5, 0.6) is 17.2 Å². The molecule has 51 heavy (non-hydrogen) atoms. The molecule has 5 aromatic rings. The van der Waals surface area contributed by atoms with E-state index in [1.807, 2.05) is 0 Å². The van der Waals surface area contributed by atoms with Crippen molar-refractivity contribution in [3.05, 3.63) is 99.8 Å². The number of hydrogen-bond acceptors (Lipinski definition) is 8. The fraction of sp³-hybridized carbons (Fsp3) is 0.278. The first-order valence-corrected chi connectivity index (χ1v) is 16.1.